The van der Waals surface area contributed by atoms with Crippen molar-refractivity contribution in [3.8, 4) is 0 Å². The molecule has 14 nitrogen and oxygen atoms in total. The minimum atomic E-state index is -1.45. The average Bonchev–Trinajstić information content (AvgIpc) is 3.56. The molecule has 0 saturated carbocycles. The van der Waals surface area contributed by atoms with Crippen LogP contribution in [0.1, 0.15) is 116 Å². The number of nitrogens with one attached hydrogen (secondary N) is 3. The van der Waals surface area contributed by atoms with Crippen molar-refractivity contribution >= 4 is 54.8 Å². The first-order chi connectivity index (χ1) is 25.7. The summed E-state index contributed by atoms with van der Waals surface area (Å²) in [5, 5.41) is 7.72. The van der Waals surface area contributed by atoms with Gasteiger partial charge in [-0.25, -0.2) is 14.6 Å². The van der Waals surface area contributed by atoms with E-state index in [1.807, 2.05) is 0 Å². The van der Waals surface area contributed by atoms with Crippen LogP contribution < -0.4 is 16.0 Å². The number of hydrogen-bond acceptors (Lipinski definition) is 12. The Labute approximate surface area is 332 Å². The van der Waals surface area contributed by atoms with Crippen molar-refractivity contribution in [3.63, 3.8) is 0 Å². The van der Waals surface area contributed by atoms with Crippen LogP contribution in [-0.4, -0.2) is 78.1 Å². The van der Waals surface area contributed by atoms with Gasteiger partial charge in [0, 0.05) is 20.2 Å². The largest absolute Gasteiger partial charge is 0.466 e. The third-order valence-corrected chi connectivity index (χ3v) is 10.4. The molecule has 0 aromatic carbocycles. The van der Waals surface area contributed by atoms with Crippen LogP contribution in [0.3, 0.4) is 0 Å². The third kappa shape index (κ3) is 22.9. The lowest BCUT2D eigenvalue weighted by Crippen LogP contribution is -2.48. The van der Waals surface area contributed by atoms with Crippen molar-refractivity contribution < 1.29 is 47.4 Å². The normalized spacial score (nSPS) is 13.3. The van der Waals surface area contributed by atoms with Gasteiger partial charge in [-0.05, 0) is 58.6 Å². The first-order valence-electron chi connectivity index (χ1n) is 19.1. The van der Waals surface area contributed by atoms with Gasteiger partial charge in [0.2, 0.25) is 5.89 Å². The van der Waals surface area contributed by atoms with Crippen molar-refractivity contribution in [2.24, 2.45) is 5.92 Å². The van der Waals surface area contributed by atoms with Gasteiger partial charge < -0.3 is 34.6 Å². The van der Waals surface area contributed by atoms with E-state index in [1.165, 1.54) is 31.2 Å². The van der Waals surface area contributed by atoms with Crippen LogP contribution in [0.5, 0.6) is 0 Å². The molecule has 0 aliphatic carbocycles. The number of rotatable bonds is 24. The number of nitrogens with zero attached hydrogens (tertiary/aromatic N) is 1. The molecular formula is C39H64N4O10SSi. The van der Waals surface area contributed by atoms with Crippen LogP contribution >= 0.6 is 11.8 Å². The summed E-state index contributed by atoms with van der Waals surface area (Å²) in [6, 6.07) is -0.349. The number of oxazole rings is 1. The number of esters is 2. The van der Waals surface area contributed by atoms with Gasteiger partial charge in [-0.1, -0.05) is 90.0 Å². The minimum Gasteiger partial charge on any atom is -0.466 e. The fraction of sp³-hybridized carbons (Fsp3) is 0.667. The van der Waals surface area contributed by atoms with Gasteiger partial charge in [-0.2, -0.15) is 0 Å². The Balaban J connectivity index is 2.91. The van der Waals surface area contributed by atoms with Gasteiger partial charge >= 0.3 is 18.0 Å². The molecule has 310 valence electrons. The Morgan fingerprint density at radius 1 is 1.04 bits per heavy atom. The van der Waals surface area contributed by atoms with Crippen LogP contribution in [0, 0.1) is 5.92 Å². The van der Waals surface area contributed by atoms with Crippen molar-refractivity contribution in [1.29, 1.82) is 0 Å². The third-order valence-electron chi connectivity index (χ3n) is 7.69. The number of amides is 3. The number of carbonyl (C=O) groups is 6. The lowest BCUT2D eigenvalue weighted by atomic mass is 10.0. The van der Waals surface area contributed by atoms with Crippen molar-refractivity contribution in [1.82, 2.24) is 20.9 Å². The number of hydrogen-bond donors (Lipinski definition) is 3. The molecule has 0 unspecified atom stereocenters. The van der Waals surface area contributed by atoms with E-state index < -0.39 is 61.6 Å². The van der Waals surface area contributed by atoms with E-state index in [0.29, 0.717) is 18.6 Å². The molecule has 1 heterocycles. The summed E-state index contributed by atoms with van der Waals surface area (Å²) in [5.41, 5.74) is -1.00. The second-order valence-electron chi connectivity index (χ2n) is 15.6. The van der Waals surface area contributed by atoms with E-state index in [9.17, 15) is 28.8 Å². The molecular weight excluding hydrogens is 745 g/mol. The maximum Gasteiger partial charge on any atom is 0.408 e. The monoisotopic (exact) mass is 808 g/mol. The quantitative estimate of drug-likeness (QED) is 0.0238. The van der Waals surface area contributed by atoms with E-state index in [0.717, 1.165) is 38.0 Å². The number of alkyl carbamates (subject to hydrolysis) is 1. The molecule has 3 amide bonds. The zero-order valence-corrected chi connectivity index (χ0v) is 36.3. The molecule has 0 radical (unpaired) electrons. The molecule has 0 saturated heterocycles. The summed E-state index contributed by atoms with van der Waals surface area (Å²) in [6.45, 7) is 18.9. The van der Waals surface area contributed by atoms with Gasteiger partial charge in [-0.15, -0.1) is 0 Å². The van der Waals surface area contributed by atoms with Crippen molar-refractivity contribution in [2.45, 2.75) is 150 Å². The van der Waals surface area contributed by atoms with Gasteiger partial charge in [0.05, 0.1) is 19.6 Å². The van der Waals surface area contributed by atoms with Gasteiger partial charge in [0.25, 0.3) is 11.8 Å². The molecule has 0 bridgehead atoms. The molecule has 0 spiro atoms. The predicted molar refractivity (Wildman–Crippen MR) is 216 cm³/mol. The first kappa shape index (κ1) is 49.1. The molecule has 16 heteroatoms. The SMILES string of the molecule is C/C=C(\NC(=O)c1coc(CNC(=O)OC(C)(C)C)n1)C(=O)N[C@H](C(=O)O[C@H](/C=C/CCSC(=O)CCCCCCC)CC(=O)OCC[Si](C)(C)C)C(C)C. The van der Waals surface area contributed by atoms with Crippen LogP contribution in [0.15, 0.2) is 34.6 Å². The molecule has 0 aliphatic rings. The van der Waals surface area contributed by atoms with Gasteiger partial charge in [0.1, 0.15) is 29.7 Å². The van der Waals surface area contributed by atoms with Crippen LogP contribution in [0.25, 0.3) is 0 Å². The highest BCUT2D eigenvalue weighted by molar-refractivity contribution is 8.13. The summed E-state index contributed by atoms with van der Waals surface area (Å²) >= 11 is 1.26. The zero-order chi connectivity index (χ0) is 41.6. The summed E-state index contributed by atoms with van der Waals surface area (Å²) < 4.78 is 21.7. The van der Waals surface area contributed by atoms with E-state index in [4.69, 9.17) is 18.6 Å². The van der Waals surface area contributed by atoms with Crippen LogP contribution in [0.4, 0.5) is 4.79 Å². The molecule has 55 heavy (non-hydrogen) atoms. The summed E-state index contributed by atoms with van der Waals surface area (Å²) in [6.07, 6.45) is 10.4. The standard InChI is InChI=1S/C39H64N4O10SSi/c1-11-13-14-15-16-20-33(45)54-22-18-17-19-28(24-32(44)50-21-23-55(8,9)10)52-37(48)34(27(3)4)43-35(46)29(12-2)42-36(47)30-26-51-31(41-30)25-40-38(49)53-39(5,6)7/h12,17,19,26-28,34H,11,13-16,18,20-25H2,1-10H3,(H,40,49)(H,42,47)(H,43,46)/b19-17+,29-12-/t28-,34+/m1/s1. The molecule has 1 aromatic rings. The number of ether oxygens (including phenoxy) is 3. The minimum absolute atomic E-state index is 0.0362. The zero-order valence-electron chi connectivity index (χ0n) is 34.5. The smallest absolute Gasteiger partial charge is 0.408 e. The maximum absolute atomic E-state index is 13.5. The number of aromatic nitrogens is 1. The van der Waals surface area contributed by atoms with Crippen molar-refractivity contribution in [2.75, 3.05) is 12.4 Å². The number of carbonyl (C=O) groups excluding carboxylic acids is 6. The lowest BCUT2D eigenvalue weighted by Gasteiger charge is -2.24. The molecule has 0 aliphatic heterocycles. The number of allylic oxidation sites excluding steroid dienone is 2. The molecule has 3 N–H and O–H groups in total. The van der Waals surface area contributed by atoms with E-state index in [2.05, 4.69) is 47.5 Å². The highest BCUT2D eigenvalue weighted by atomic mass is 32.2. The van der Waals surface area contributed by atoms with Crippen LogP contribution in [0.2, 0.25) is 25.7 Å². The molecule has 1 aromatic heterocycles. The number of thioether (sulfide) groups is 1. The Bertz CT molecular complexity index is 1460. The highest BCUT2D eigenvalue weighted by Gasteiger charge is 2.30. The van der Waals surface area contributed by atoms with Crippen molar-refractivity contribution in [3.05, 3.63) is 41.8 Å². The average molecular weight is 809 g/mol. The predicted octanol–water partition coefficient (Wildman–Crippen LogP) is 7.22. The fourth-order valence-corrected chi connectivity index (χ4v) is 6.11. The topological polar surface area (TPSA) is 192 Å². The van der Waals surface area contributed by atoms with Crippen LogP contribution in [-0.2, 0) is 39.9 Å². The van der Waals surface area contributed by atoms with E-state index in [-0.39, 0.29) is 42.0 Å². The summed E-state index contributed by atoms with van der Waals surface area (Å²) in [7, 11) is -1.45. The molecule has 1 rings (SSSR count). The van der Waals surface area contributed by atoms with Gasteiger partial charge in [-0.3, -0.25) is 19.2 Å². The first-order valence-corrected chi connectivity index (χ1v) is 23.8. The highest BCUT2D eigenvalue weighted by Crippen LogP contribution is 2.16. The lowest BCUT2D eigenvalue weighted by molar-refractivity contribution is -0.156. The Kier molecular flexibility index (Phi) is 22.6. The Morgan fingerprint density at radius 2 is 1.73 bits per heavy atom. The summed E-state index contributed by atoms with van der Waals surface area (Å²) in [4.78, 5) is 80.8. The van der Waals surface area contributed by atoms with Gasteiger partial charge in [0.15, 0.2) is 10.8 Å². The molecule has 2 atom stereocenters. The molecule has 0 fully saturated rings. The fourth-order valence-electron chi connectivity index (χ4n) is 4.62. The Hall–Kier alpha value is -3.92. The number of unbranched alkanes of at least 4 members (excludes halogenated alkanes) is 4. The van der Waals surface area contributed by atoms with E-state index in [1.54, 1.807) is 46.8 Å². The maximum atomic E-state index is 13.5. The summed E-state index contributed by atoms with van der Waals surface area (Å²) in [5.74, 6) is -2.66. The second kappa shape index (κ2) is 25.3. The second-order valence-corrected chi connectivity index (χ2v) is 22.4. The Morgan fingerprint density at radius 3 is 2.35 bits per heavy atom. The van der Waals surface area contributed by atoms with E-state index >= 15 is 0 Å².